The molecule has 1 aliphatic rings. The lowest BCUT2D eigenvalue weighted by molar-refractivity contribution is -0.385. The number of nitro benzene ring substituents is 1. The summed E-state index contributed by atoms with van der Waals surface area (Å²) in [4.78, 5) is 25.9. The van der Waals surface area contributed by atoms with Gasteiger partial charge in [0.15, 0.2) is 11.5 Å². The molecule has 0 bridgehead atoms. The molecule has 2 aromatic rings. The van der Waals surface area contributed by atoms with E-state index in [1.807, 2.05) is 12.1 Å². The molecule has 3 rings (SSSR count). The van der Waals surface area contributed by atoms with E-state index < -0.39 is 10.8 Å². The minimum absolute atomic E-state index is 0.0360. The smallest absolute Gasteiger partial charge is 0.286 e. The maximum Gasteiger partial charge on any atom is 0.286 e. The Kier molecular flexibility index (Phi) is 7.15. The summed E-state index contributed by atoms with van der Waals surface area (Å²) < 4.78 is 11.6. The third-order valence-electron chi connectivity index (χ3n) is 5.03. The van der Waals surface area contributed by atoms with Gasteiger partial charge in [0, 0.05) is 35.9 Å². The van der Waals surface area contributed by atoms with E-state index in [9.17, 15) is 14.9 Å². The second kappa shape index (κ2) is 9.80. The SMILES string of the molecule is CCOc1cc(C(=O)NCC2CCN(c3cccc(Br)c3)C2)c([N+](=O)[O-])cc1OC. The predicted molar refractivity (Wildman–Crippen MR) is 118 cm³/mol. The van der Waals surface area contributed by atoms with Crippen LogP contribution in [0.25, 0.3) is 0 Å². The molecule has 1 amide bonds. The van der Waals surface area contributed by atoms with Crippen LogP contribution in [0.3, 0.4) is 0 Å². The number of amides is 1. The van der Waals surface area contributed by atoms with Crippen molar-refractivity contribution >= 4 is 33.2 Å². The van der Waals surface area contributed by atoms with Gasteiger partial charge in [0.25, 0.3) is 11.6 Å². The van der Waals surface area contributed by atoms with Crippen molar-refractivity contribution in [1.29, 1.82) is 0 Å². The highest BCUT2D eigenvalue weighted by Gasteiger charge is 2.27. The minimum Gasteiger partial charge on any atom is -0.493 e. The zero-order valence-corrected chi connectivity index (χ0v) is 18.5. The molecule has 1 N–H and O–H groups in total. The minimum atomic E-state index is -0.586. The van der Waals surface area contributed by atoms with Crippen molar-refractivity contribution in [2.24, 2.45) is 5.92 Å². The molecule has 30 heavy (non-hydrogen) atoms. The molecule has 1 aliphatic heterocycles. The summed E-state index contributed by atoms with van der Waals surface area (Å²) >= 11 is 3.49. The van der Waals surface area contributed by atoms with Crippen LogP contribution < -0.4 is 19.7 Å². The van der Waals surface area contributed by atoms with Gasteiger partial charge in [-0.2, -0.15) is 0 Å². The Hall–Kier alpha value is -2.81. The Bertz CT molecular complexity index is 937. The Morgan fingerprint density at radius 1 is 1.33 bits per heavy atom. The van der Waals surface area contributed by atoms with Crippen LogP contribution in [-0.4, -0.2) is 44.2 Å². The van der Waals surface area contributed by atoms with Gasteiger partial charge in [-0.05, 0) is 37.5 Å². The highest BCUT2D eigenvalue weighted by atomic mass is 79.9. The van der Waals surface area contributed by atoms with Crippen LogP contribution in [0.2, 0.25) is 0 Å². The number of benzene rings is 2. The molecule has 1 atom stereocenters. The standard InChI is InChI=1S/C21H24BrN3O5/c1-3-30-20-10-17(18(25(27)28)11-19(20)29-2)21(26)23-12-14-7-8-24(13-14)16-6-4-5-15(22)9-16/h4-6,9-11,14H,3,7-8,12-13H2,1-2H3,(H,23,26). The van der Waals surface area contributed by atoms with Crippen LogP contribution in [0.5, 0.6) is 11.5 Å². The van der Waals surface area contributed by atoms with Gasteiger partial charge in [-0.1, -0.05) is 22.0 Å². The number of rotatable bonds is 8. The Morgan fingerprint density at radius 2 is 2.13 bits per heavy atom. The van der Waals surface area contributed by atoms with Crippen molar-refractivity contribution in [3.63, 3.8) is 0 Å². The summed E-state index contributed by atoms with van der Waals surface area (Å²) in [5.41, 5.74) is 0.784. The maximum absolute atomic E-state index is 12.7. The number of hydrogen-bond acceptors (Lipinski definition) is 6. The van der Waals surface area contributed by atoms with Gasteiger partial charge in [0.1, 0.15) is 5.56 Å². The zero-order valence-electron chi connectivity index (χ0n) is 16.9. The van der Waals surface area contributed by atoms with Gasteiger partial charge in [0.2, 0.25) is 0 Å². The van der Waals surface area contributed by atoms with E-state index >= 15 is 0 Å². The summed E-state index contributed by atoms with van der Waals surface area (Å²) in [5, 5.41) is 14.3. The third-order valence-corrected chi connectivity index (χ3v) is 5.53. The number of carbonyl (C=O) groups excluding carboxylic acids is 1. The first kappa shape index (κ1) is 21.9. The molecule has 0 radical (unpaired) electrons. The Balaban J connectivity index is 1.68. The van der Waals surface area contributed by atoms with Crippen molar-refractivity contribution < 1.29 is 19.2 Å². The molecule has 0 saturated carbocycles. The summed E-state index contributed by atoms with van der Waals surface area (Å²) in [6.07, 6.45) is 0.932. The number of halogens is 1. The van der Waals surface area contributed by atoms with Gasteiger partial charge in [-0.15, -0.1) is 0 Å². The van der Waals surface area contributed by atoms with Crippen LogP contribution in [0.15, 0.2) is 40.9 Å². The molecule has 8 nitrogen and oxygen atoms in total. The number of carbonyl (C=O) groups is 1. The first-order chi connectivity index (χ1) is 14.4. The fourth-order valence-electron chi connectivity index (χ4n) is 3.55. The molecule has 2 aromatic carbocycles. The van der Waals surface area contributed by atoms with E-state index in [-0.39, 0.29) is 22.9 Å². The van der Waals surface area contributed by atoms with Crippen LogP contribution >= 0.6 is 15.9 Å². The third kappa shape index (κ3) is 5.02. The second-order valence-corrected chi connectivity index (χ2v) is 7.92. The molecule has 0 spiro atoms. The van der Waals surface area contributed by atoms with Crippen LogP contribution in [0.4, 0.5) is 11.4 Å². The number of ether oxygens (including phenoxy) is 2. The van der Waals surface area contributed by atoms with Gasteiger partial charge in [-0.25, -0.2) is 0 Å². The quantitative estimate of drug-likeness (QED) is 0.455. The van der Waals surface area contributed by atoms with Crippen molar-refractivity contribution in [1.82, 2.24) is 5.32 Å². The topological polar surface area (TPSA) is 93.9 Å². The Morgan fingerprint density at radius 3 is 2.80 bits per heavy atom. The average molecular weight is 478 g/mol. The number of nitrogens with one attached hydrogen (secondary N) is 1. The van der Waals surface area contributed by atoms with Crippen LogP contribution in [-0.2, 0) is 0 Å². The summed E-state index contributed by atoms with van der Waals surface area (Å²) in [5.74, 6) is 0.292. The Labute approximate surface area is 183 Å². The van der Waals surface area contributed by atoms with E-state index in [2.05, 4.69) is 38.3 Å². The summed E-state index contributed by atoms with van der Waals surface area (Å²) in [6.45, 7) is 4.29. The van der Waals surface area contributed by atoms with E-state index in [4.69, 9.17) is 9.47 Å². The maximum atomic E-state index is 12.7. The molecule has 1 unspecified atom stereocenters. The molecule has 1 heterocycles. The highest BCUT2D eigenvalue weighted by Crippen LogP contribution is 2.35. The van der Waals surface area contributed by atoms with E-state index in [0.717, 1.165) is 29.7 Å². The lowest BCUT2D eigenvalue weighted by Crippen LogP contribution is -2.31. The molecule has 1 saturated heterocycles. The predicted octanol–water partition coefficient (Wildman–Crippen LogP) is 4.02. The zero-order chi connectivity index (χ0) is 21.7. The van der Waals surface area contributed by atoms with Crippen LogP contribution in [0.1, 0.15) is 23.7 Å². The number of nitrogens with zero attached hydrogens (tertiary/aromatic N) is 2. The number of nitro groups is 1. The van der Waals surface area contributed by atoms with E-state index in [1.165, 1.54) is 19.2 Å². The van der Waals surface area contributed by atoms with Gasteiger partial charge in [-0.3, -0.25) is 14.9 Å². The second-order valence-electron chi connectivity index (χ2n) is 7.00. The highest BCUT2D eigenvalue weighted by molar-refractivity contribution is 9.10. The molecule has 160 valence electrons. The fraction of sp³-hybridized carbons (Fsp3) is 0.381. The summed E-state index contributed by atoms with van der Waals surface area (Å²) in [6, 6.07) is 10.7. The molecule has 9 heteroatoms. The molecular weight excluding hydrogens is 454 g/mol. The molecule has 0 aliphatic carbocycles. The summed E-state index contributed by atoms with van der Waals surface area (Å²) in [7, 11) is 1.40. The van der Waals surface area contributed by atoms with Gasteiger partial charge < -0.3 is 19.7 Å². The number of hydrogen-bond donors (Lipinski definition) is 1. The first-order valence-electron chi connectivity index (χ1n) is 9.70. The van der Waals surface area contributed by atoms with Crippen molar-refractivity contribution in [2.75, 3.05) is 38.3 Å². The van der Waals surface area contributed by atoms with E-state index in [0.29, 0.717) is 18.9 Å². The van der Waals surface area contributed by atoms with Gasteiger partial charge >= 0.3 is 0 Å². The van der Waals surface area contributed by atoms with Crippen molar-refractivity contribution in [3.8, 4) is 11.5 Å². The van der Waals surface area contributed by atoms with Crippen molar-refractivity contribution in [2.45, 2.75) is 13.3 Å². The lowest BCUT2D eigenvalue weighted by Gasteiger charge is -2.19. The normalized spacial score (nSPS) is 15.7. The van der Waals surface area contributed by atoms with Crippen LogP contribution in [0, 0.1) is 16.0 Å². The number of methoxy groups -OCH3 is 1. The molecular formula is C21H24BrN3O5. The monoisotopic (exact) mass is 477 g/mol. The average Bonchev–Trinajstić information content (AvgIpc) is 3.21. The van der Waals surface area contributed by atoms with Gasteiger partial charge in [0.05, 0.1) is 24.7 Å². The number of anilines is 1. The lowest BCUT2D eigenvalue weighted by atomic mass is 10.1. The largest absolute Gasteiger partial charge is 0.493 e. The molecule has 1 fully saturated rings. The fourth-order valence-corrected chi connectivity index (χ4v) is 3.94. The first-order valence-corrected chi connectivity index (χ1v) is 10.5. The molecule has 0 aromatic heterocycles. The van der Waals surface area contributed by atoms with Crippen molar-refractivity contribution in [3.05, 3.63) is 56.5 Å². The van der Waals surface area contributed by atoms with E-state index in [1.54, 1.807) is 6.92 Å².